The van der Waals surface area contributed by atoms with Gasteiger partial charge in [-0.15, -0.1) is 0 Å². The van der Waals surface area contributed by atoms with Crippen molar-refractivity contribution in [3.05, 3.63) is 41.0 Å². The molecule has 4 nitrogen and oxygen atoms in total. The Kier molecular flexibility index (Phi) is 4.80. The standard InChI is InChI=1S/C21H28N2O2/c1-25-18-12-5-3-10-16(18)20-19-15(13-22-21(19)24)9-6-8-14-7-2-4-11-17(14)23-20/h3,5,10,12,14,17,20,23H,2,4,6-9,11,13H2,1H3,(H,22,24)/t14-,17-,20-/m1/s1. The van der Waals surface area contributed by atoms with Crippen LogP contribution >= 0.6 is 0 Å². The highest BCUT2D eigenvalue weighted by molar-refractivity contribution is 5.98. The van der Waals surface area contributed by atoms with Crippen LogP contribution in [0, 0.1) is 5.92 Å². The molecule has 1 saturated carbocycles. The largest absolute Gasteiger partial charge is 0.496 e. The van der Waals surface area contributed by atoms with E-state index in [9.17, 15) is 4.79 Å². The molecule has 2 heterocycles. The van der Waals surface area contributed by atoms with Gasteiger partial charge in [-0.2, -0.15) is 0 Å². The summed E-state index contributed by atoms with van der Waals surface area (Å²) in [6, 6.07) is 8.54. The molecule has 2 N–H and O–H groups in total. The highest BCUT2D eigenvalue weighted by Gasteiger charge is 2.36. The van der Waals surface area contributed by atoms with E-state index in [1.807, 2.05) is 18.2 Å². The van der Waals surface area contributed by atoms with Crippen molar-refractivity contribution < 1.29 is 9.53 Å². The fourth-order valence-electron chi connectivity index (χ4n) is 4.89. The zero-order valence-electron chi connectivity index (χ0n) is 15.0. The van der Waals surface area contributed by atoms with E-state index in [1.165, 1.54) is 44.1 Å². The molecule has 0 saturated heterocycles. The van der Waals surface area contributed by atoms with E-state index in [2.05, 4.69) is 16.7 Å². The Bertz CT molecular complexity index is 682. The maximum Gasteiger partial charge on any atom is 0.249 e. The first kappa shape index (κ1) is 16.6. The molecule has 1 aromatic carbocycles. The molecule has 3 atom stereocenters. The second-order valence-corrected chi connectivity index (χ2v) is 7.58. The van der Waals surface area contributed by atoms with Gasteiger partial charge < -0.3 is 15.4 Å². The molecule has 0 radical (unpaired) electrons. The molecule has 1 aliphatic carbocycles. The third-order valence-electron chi connectivity index (χ3n) is 6.17. The molecule has 25 heavy (non-hydrogen) atoms. The number of para-hydroxylation sites is 1. The zero-order chi connectivity index (χ0) is 17.2. The maximum absolute atomic E-state index is 12.7. The summed E-state index contributed by atoms with van der Waals surface area (Å²) in [4.78, 5) is 12.7. The maximum atomic E-state index is 12.7. The van der Waals surface area contributed by atoms with Gasteiger partial charge in [-0.25, -0.2) is 0 Å². The second-order valence-electron chi connectivity index (χ2n) is 7.58. The molecule has 0 aromatic heterocycles. The monoisotopic (exact) mass is 340 g/mol. The van der Waals surface area contributed by atoms with Crippen molar-refractivity contribution in [1.82, 2.24) is 10.6 Å². The normalized spacial score (nSPS) is 29.8. The number of hydrogen-bond acceptors (Lipinski definition) is 3. The van der Waals surface area contributed by atoms with Gasteiger partial charge in [0.15, 0.2) is 0 Å². The fraction of sp³-hybridized carbons (Fsp3) is 0.571. The minimum atomic E-state index is -0.0719. The fourth-order valence-corrected chi connectivity index (χ4v) is 4.89. The molecule has 2 aliphatic heterocycles. The molecule has 1 amide bonds. The van der Waals surface area contributed by atoms with Gasteiger partial charge in [-0.1, -0.05) is 31.0 Å². The summed E-state index contributed by atoms with van der Waals surface area (Å²) in [7, 11) is 1.71. The molecule has 4 rings (SSSR count). The van der Waals surface area contributed by atoms with E-state index >= 15 is 0 Å². The smallest absolute Gasteiger partial charge is 0.249 e. The number of carbonyl (C=O) groups excluding carboxylic acids is 1. The summed E-state index contributed by atoms with van der Waals surface area (Å²) in [6.45, 7) is 0.705. The highest BCUT2D eigenvalue weighted by Crippen LogP contribution is 2.39. The predicted octanol–water partition coefficient (Wildman–Crippen LogP) is 3.50. The minimum Gasteiger partial charge on any atom is -0.496 e. The average molecular weight is 340 g/mol. The lowest BCUT2D eigenvalue weighted by Gasteiger charge is -2.35. The minimum absolute atomic E-state index is 0.0719. The predicted molar refractivity (Wildman–Crippen MR) is 98.5 cm³/mol. The van der Waals surface area contributed by atoms with E-state index in [0.29, 0.717) is 12.6 Å². The molecule has 1 aromatic rings. The van der Waals surface area contributed by atoms with Gasteiger partial charge in [-0.05, 0) is 49.7 Å². The van der Waals surface area contributed by atoms with Gasteiger partial charge >= 0.3 is 0 Å². The molecule has 1 fully saturated rings. The lowest BCUT2D eigenvalue weighted by molar-refractivity contribution is -0.117. The Morgan fingerprint density at radius 3 is 2.76 bits per heavy atom. The topological polar surface area (TPSA) is 50.4 Å². The number of amides is 1. The van der Waals surface area contributed by atoms with Gasteiger partial charge in [0, 0.05) is 23.7 Å². The van der Waals surface area contributed by atoms with Crippen LogP contribution in [-0.4, -0.2) is 25.6 Å². The zero-order valence-corrected chi connectivity index (χ0v) is 15.0. The van der Waals surface area contributed by atoms with E-state index in [0.717, 1.165) is 29.2 Å². The molecular formula is C21H28N2O2. The van der Waals surface area contributed by atoms with Gasteiger partial charge in [-0.3, -0.25) is 4.79 Å². The quantitative estimate of drug-likeness (QED) is 0.866. The van der Waals surface area contributed by atoms with Crippen LogP contribution in [0.2, 0.25) is 0 Å². The molecular weight excluding hydrogens is 312 g/mol. The Balaban J connectivity index is 1.77. The Morgan fingerprint density at radius 2 is 1.88 bits per heavy atom. The van der Waals surface area contributed by atoms with Crippen LogP contribution in [0.4, 0.5) is 0 Å². The van der Waals surface area contributed by atoms with Crippen molar-refractivity contribution in [2.45, 2.75) is 57.0 Å². The van der Waals surface area contributed by atoms with E-state index in [-0.39, 0.29) is 11.9 Å². The third-order valence-corrected chi connectivity index (χ3v) is 6.17. The summed E-state index contributed by atoms with van der Waals surface area (Å²) in [5, 5.41) is 6.94. The van der Waals surface area contributed by atoms with Gasteiger partial charge in [0.25, 0.3) is 0 Å². The summed E-state index contributed by atoms with van der Waals surface area (Å²) in [5.74, 6) is 1.68. The Labute approximate surface area is 150 Å². The van der Waals surface area contributed by atoms with Crippen molar-refractivity contribution in [2.24, 2.45) is 5.92 Å². The molecule has 0 spiro atoms. The van der Waals surface area contributed by atoms with Crippen molar-refractivity contribution >= 4 is 5.91 Å². The highest BCUT2D eigenvalue weighted by atomic mass is 16.5. The number of methoxy groups -OCH3 is 1. The van der Waals surface area contributed by atoms with Crippen LogP contribution in [0.25, 0.3) is 0 Å². The average Bonchev–Trinajstić information content (AvgIpc) is 3.03. The SMILES string of the molecule is COc1ccccc1[C@H]1N[C@@H]2CCCC[C@@H]2CCCC2=C1C(=O)NC2. The molecule has 4 heteroatoms. The third kappa shape index (κ3) is 3.20. The molecule has 3 aliphatic rings. The van der Waals surface area contributed by atoms with Gasteiger partial charge in [0.1, 0.15) is 5.75 Å². The first-order chi connectivity index (χ1) is 12.3. The number of carbonyl (C=O) groups is 1. The second kappa shape index (κ2) is 7.20. The van der Waals surface area contributed by atoms with E-state index in [1.54, 1.807) is 7.11 Å². The van der Waals surface area contributed by atoms with Gasteiger partial charge in [0.2, 0.25) is 5.91 Å². The number of ether oxygens (including phenoxy) is 1. The van der Waals surface area contributed by atoms with Crippen LogP contribution in [-0.2, 0) is 4.79 Å². The number of fused-ring (bicyclic) bond motifs is 1. The number of nitrogens with one attached hydrogen (secondary N) is 2. The summed E-state index contributed by atoms with van der Waals surface area (Å²) >= 11 is 0. The van der Waals surface area contributed by atoms with Crippen molar-refractivity contribution in [3.63, 3.8) is 0 Å². The summed E-state index contributed by atoms with van der Waals surface area (Å²) in [5.41, 5.74) is 3.31. The summed E-state index contributed by atoms with van der Waals surface area (Å²) < 4.78 is 5.63. The van der Waals surface area contributed by atoms with Crippen LogP contribution in [0.3, 0.4) is 0 Å². The lowest BCUT2D eigenvalue weighted by atomic mass is 9.81. The molecule has 134 valence electrons. The number of rotatable bonds is 2. The van der Waals surface area contributed by atoms with Crippen LogP contribution in [0.5, 0.6) is 5.75 Å². The van der Waals surface area contributed by atoms with Crippen molar-refractivity contribution in [3.8, 4) is 5.75 Å². The number of hydrogen-bond donors (Lipinski definition) is 2. The number of benzene rings is 1. The Hall–Kier alpha value is -1.81. The first-order valence-corrected chi connectivity index (χ1v) is 9.67. The first-order valence-electron chi connectivity index (χ1n) is 9.67. The van der Waals surface area contributed by atoms with Crippen molar-refractivity contribution in [2.75, 3.05) is 13.7 Å². The van der Waals surface area contributed by atoms with Crippen molar-refractivity contribution in [1.29, 1.82) is 0 Å². The molecule has 0 unspecified atom stereocenters. The van der Waals surface area contributed by atoms with Crippen LogP contribution in [0.15, 0.2) is 35.4 Å². The van der Waals surface area contributed by atoms with Gasteiger partial charge in [0.05, 0.1) is 13.2 Å². The van der Waals surface area contributed by atoms with E-state index < -0.39 is 0 Å². The van der Waals surface area contributed by atoms with E-state index in [4.69, 9.17) is 4.74 Å². The Morgan fingerprint density at radius 1 is 1.08 bits per heavy atom. The van der Waals surface area contributed by atoms with Crippen LogP contribution in [0.1, 0.15) is 56.6 Å². The van der Waals surface area contributed by atoms with Crippen LogP contribution < -0.4 is 15.4 Å². The lowest BCUT2D eigenvalue weighted by Crippen LogP contribution is -2.42. The summed E-state index contributed by atoms with van der Waals surface area (Å²) in [6.07, 6.45) is 8.63. The molecule has 0 bridgehead atoms.